The summed E-state index contributed by atoms with van der Waals surface area (Å²) in [4.78, 5) is 0. The summed E-state index contributed by atoms with van der Waals surface area (Å²) in [6, 6.07) is 0. The van der Waals surface area contributed by atoms with Crippen molar-refractivity contribution in [2.75, 3.05) is 39.4 Å². The number of rotatable bonds is 10. The van der Waals surface area contributed by atoms with Crippen LogP contribution >= 0.6 is 22.6 Å². The van der Waals surface area contributed by atoms with Crippen LogP contribution in [-0.2, 0) is 4.74 Å². The van der Waals surface area contributed by atoms with Gasteiger partial charge in [-0.3, -0.25) is 0 Å². The molecule has 0 saturated carbocycles. The van der Waals surface area contributed by atoms with Crippen molar-refractivity contribution in [3.8, 4) is 0 Å². The quantitative estimate of drug-likeness (QED) is 0.364. The van der Waals surface area contributed by atoms with Crippen molar-refractivity contribution < 1.29 is 4.74 Å². The lowest BCUT2D eigenvalue weighted by Crippen LogP contribution is -2.27. The fourth-order valence-corrected chi connectivity index (χ4v) is 1.39. The molecular weight excluding hydrogens is 303 g/mol. The third-order valence-electron chi connectivity index (χ3n) is 1.82. The fraction of sp³-hybridized carbons (Fsp3) is 1.00. The zero-order chi connectivity index (χ0) is 11.5. The highest BCUT2D eigenvalue weighted by molar-refractivity contribution is 14.1. The second kappa shape index (κ2) is 11.1. The molecule has 1 atom stereocenters. The highest BCUT2D eigenvalue weighted by atomic mass is 127. The van der Waals surface area contributed by atoms with Crippen LogP contribution in [0.25, 0.3) is 0 Å². The number of alkyl halides is 1. The van der Waals surface area contributed by atoms with E-state index in [0.717, 1.165) is 45.3 Å². The summed E-state index contributed by atoms with van der Waals surface area (Å²) in [6.07, 6.45) is 0. The summed E-state index contributed by atoms with van der Waals surface area (Å²) >= 11 is 2.41. The minimum Gasteiger partial charge on any atom is -0.379 e. The van der Waals surface area contributed by atoms with E-state index in [1.165, 1.54) is 0 Å². The van der Waals surface area contributed by atoms with Crippen molar-refractivity contribution in [3.63, 3.8) is 0 Å². The third kappa shape index (κ3) is 14.6. The van der Waals surface area contributed by atoms with Crippen molar-refractivity contribution in [2.24, 2.45) is 5.92 Å². The van der Waals surface area contributed by atoms with Gasteiger partial charge in [-0.05, 0) is 12.5 Å². The minimum atomic E-state index is 0.690. The van der Waals surface area contributed by atoms with Crippen LogP contribution in [0.5, 0.6) is 0 Å². The van der Waals surface area contributed by atoms with Gasteiger partial charge in [-0.2, -0.15) is 0 Å². The molecule has 2 N–H and O–H groups in total. The van der Waals surface area contributed by atoms with Crippen molar-refractivity contribution in [1.82, 2.24) is 10.6 Å². The van der Waals surface area contributed by atoms with E-state index in [1.807, 2.05) is 0 Å². The molecule has 0 aliphatic carbocycles. The smallest absolute Gasteiger partial charge is 0.0591 e. The molecule has 0 radical (unpaired) electrons. The Labute approximate surface area is 108 Å². The highest BCUT2D eigenvalue weighted by Gasteiger charge is 1.94. The van der Waals surface area contributed by atoms with E-state index >= 15 is 0 Å². The topological polar surface area (TPSA) is 33.3 Å². The molecule has 0 rings (SSSR count). The standard InChI is InChI=1S/C11H25IN2O/c1-10(2)8-13-4-6-15-7-5-14-9-11(3)12/h10-11,13-14H,4-9H2,1-3H3. The third-order valence-corrected chi connectivity index (χ3v) is 2.26. The molecule has 0 aromatic rings. The average molecular weight is 328 g/mol. The van der Waals surface area contributed by atoms with Crippen LogP contribution in [-0.4, -0.2) is 43.3 Å². The van der Waals surface area contributed by atoms with Crippen LogP contribution < -0.4 is 10.6 Å². The van der Waals surface area contributed by atoms with Crippen molar-refractivity contribution >= 4 is 22.6 Å². The summed E-state index contributed by atoms with van der Waals surface area (Å²) in [5, 5.41) is 6.69. The number of hydrogen-bond acceptors (Lipinski definition) is 3. The second-order valence-corrected chi connectivity index (χ2v) is 6.32. The van der Waals surface area contributed by atoms with Crippen LogP contribution in [0.1, 0.15) is 20.8 Å². The van der Waals surface area contributed by atoms with Gasteiger partial charge in [-0.25, -0.2) is 0 Å². The van der Waals surface area contributed by atoms with Crippen LogP contribution in [0.4, 0.5) is 0 Å². The van der Waals surface area contributed by atoms with Crippen molar-refractivity contribution in [1.29, 1.82) is 0 Å². The Morgan fingerprint density at radius 1 is 1.00 bits per heavy atom. The Kier molecular flexibility index (Phi) is 11.6. The maximum atomic E-state index is 5.47. The van der Waals surface area contributed by atoms with Crippen LogP contribution in [0.15, 0.2) is 0 Å². The van der Waals surface area contributed by atoms with Gasteiger partial charge in [-0.15, -0.1) is 0 Å². The molecule has 0 spiro atoms. The van der Waals surface area contributed by atoms with Crippen molar-refractivity contribution in [3.05, 3.63) is 0 Å². The lowest BCUT2D eigenvalue weighted by Gasteiger charge is -2.09. The lowest BCUT2D eigenvalue weighted by atomic mass is 10.2. The Bertz CT molecular complexity index is 118. The normalized spacial score (nSPS) is 13.4. The lowest BCUT2D eigenvalue weighted by molar-refractivity contribution is 0.137. The summed E-state index contributed by atoms with van der Waals surface area (Å²) in [5.74, 6) is 0.719. The molecule has 0 aliphatic rings. The molecule has 3 nitrogen and oxygen atoms in total. The minimum absolute atomic E-state index is 0.690. The Hall–Kier alpha value is 0.610. The molecule has 0 aromatic carbocycles. The first-order chi connectivity index (χ1) is 7.13. The van der Waals surface area contributed by atoms with Gasteiger partial charge in [0.2, 0.25) is 0 Å². The molecule has 4 heteroatoms. The molecule has 0 aliphatic heterocycles. The largest absolute Gasteiger partial charge is 0.379 e. The Morgan fingerprint density at radius 3 is 2.00 bits per heavy atom. The Morgan fingerprint density at radius 2 is 1.53 bits per heavy atom. The van der Waals surface area contributed by atoms with Gasteiger partial charge in [0.1, 0.15) is 0 Å². The molecule has 1 unspecified atom stereocenters. The van der Waals surface area contributed by atoms with Crippen molar-refractivity contribution in [2.45, 2.75) is 24.7 Å². The summed E-state index contributed by atoms with van der Waals surface area (Å²) in [7, 11) is 0. The summed E-state index contributed by atoms with van der Waals surface area (Å²) in [5.41, 5.74) is 0. The maximum absolute atomic E-state index is 5.47. The first-order valence-corrected chi connectivity index (χ1v) is 7.00. The van der Waals surface area contributed by atoms with Crippen LogP contribution in [0, 0.1) is 5.92 Å². The number of hydrogen-bond donors (Lipinski definition) is 2. The second-order valence-electron chi connectivity index (χ2n) is 4.20. The van der Waals surface area contributed by atoms with Gasteiger partial charge in [0.25, 0.3) is 0 Å². The monoisotopic (exact) mass is 328 g/mol. The SMILES string of the molecule is CC(C)CNCCOCCNCC(C)I. The van der Waals surface area contributed by atoms with Crippen LogP contribution in [0.2, 0.25) is 0 Å². The molecule has 92 valence electrons. The van der Waals surface area contributed by atoms with Gasteiger partial charge in [-0.1, -0.05) is 43.4 Å². The van der Waals surface area contributed by atoms with Crippen LogP contribution in [0.3, 0.4) is 0 Å². The van der Waals surface area contributed by atoms with E-state index in [1.54, 1.807) is 0 Å². The Balaban J connectivity index is 2.93. The zero-order valence-electron chi connectivity index (χ0n) is 10.2. The number of ether oxygens (including phenoxy) is 1. The van der Waals surface area contributed by atoms with E-state index < -0.39 is 0 Å². The van der Waals surface area contributed by atoms with Gasteiger partial charge in [0, 0.05) is 23.6 Å². The van der Waals surface area contributed by atoms with Gasteiger partial charge in [0.15, 0.2) is 0 Å². The summed E-state index contributed by atoms with van der Waals surface area (Å²) in [6.45, 7) is 12.3. The molecule has 0 fully saturated rings. The van der Waals surface area contributed by atoms with E-state index in [4.69, 9.17) is 4.74 Å². The number of nitrogens with one attached hydrogen (secondary N) is 2. The predicted molar refractivity (Wildman–Crippen MR) is 74.9 cm³/mol. The molecule has 0 heterocycles. The van der Waals surface area contributed by atoms with E-state index in [9.17, 15) is 0 Å². The maximum Gasteiger partial charge on any atom is 0.0591 e. The molecule has 0 saturated heterocycles. The van der Waals surface area contributed by atoms with E-state index in [2.05, 4.69) is 54.0 Å². The van der Waals surface area contributed by atoms with E-state index in [0.29, 0.717) is 3.92 Å². The molecular formula is C11H25IN2O. The van der Waals surface area contributed by atoms with E-state index in [-0.39, 0.29) is 0 Å². The first kappa shape index (κ1) is 15.6. The number of halogens is 1. The highest BCUT2D eigenvalue weighted by Crippen LogP contribution is 1.93. The molecule has 0 amide bonds. The van der Waals surface area contributed by atoms with Gasteiger partial charge in [0.05, 0.1) is 13.2 Å². The predicted octanol–water partition coefficient (Wildman–Crippen LogP) is 1.66. The first-order valence-electron chi connectivity index (χ1n) is 5.76. The zero-order valence-corrected chi connectivity index (χ0v) is 12.3. The molecule has 0 aromatic heterocycles. The summed E-state index contributed by atoms with van der Waals surface area (Å²) < 4.78 is 6.16. The fourth-order valence-electron chi connectivity index (χ4n) is 1.08. The average Bonchev–Trinajstić information content (AvgIpc) is 2.14. The van der Waals surface area contributed by atoms with Gasteiger partial charge < -0.3 is 15.4 Å². The molecule has 0 bridgehead atoms. The molecule has 15 heavy (non-hydrogen) atoms. The van der Waals surface area contributed by atoms with Gasteiger partial charge >= 0.3 is 0 Å².